The number of ether oxygens (including phenoxy) is 1. The van der Waals surface area contributed by atoms with Gasteiger partial charge in [-0.05, 0) is 25.8 Å². The van der Waals surface area contributed by atoms with Gasteiger partial charge in [0.1, 0.15) is 5.01 Å². The van der Waals surface area contributed by atoms with E-state index in [0.29, 0.717) is 0 Å². The molecule has 124 valence electrons. The van der Waals surface area contributed by atoms with Crippen molar-refractivity contribution in [3.8, 4) is 0 Å². The van der Waals surface area contributed by atoms with Crippen LogP contribution < -0.4 is 10.6 Å². The van der Waals surface area contributed by atoms with Crippen molar-refractivity contribution in [2.45, 2.75) is 38.3 Å². The van der Waals surface area contributed by atoms with Crippen LogP contribution >= 0.6 is 11.3 Å². The maximum Gasteiger partial charge on any atom is 0.315 e. The third-order valence-corrected chi connectivity index (χ3v) is 4.80. The lowest BCUT2D eigenvalue weighted by molar-refractivity contribution is 0.123. The number of nitrogens with one attached hydrogen (secondary N) is 2. The molecule has 6 nitrogen and oxygen atoms in total. The number of thiazole rings is 1. The van der Waals surface area contributed by atoms with Crippen molar-refractivity contribution < 1.29 is 9.53 Å². The third kappa shape index (κ3) is 5.23. The van der Waals surface area contributed by atoms with E-state index in [1.165, 1.54) is 0 Å². The molecule has 1 saturated heterocycles. The molecule has 7 heteroatoms. The van der Waals surface area contributed by atoms with Gasteiger partial charge in [-0.1, -0.05) is 6.92 Å². The molecule has 2 rings (SSSR count). The fraction of sp³-hybridized carbons (Fsp3) is 0.733. The smallest absolute Gasteiger partial charge is 0.315 e. The van der Waals surface area contributed by atoms with Gasteiger partial charge in [0.25, 0.3) is 0 Å². The van der Waals surface area contributed by atoms with Crippen LogP contribution in [0.1, 0.15) is 37.2 Å². The molecule has 0 aliphatic carbocycles. The van der Waals surface area contributed by atoms with Gasteiger partial charge in [-0.2, -0.15) is 0 Å². The molecule has 1 aromatic heterocycles. The van der Waals surface area contributed by atoms with Crippen molar-refractivity contribution in [1.82, 2.24) is 20.5 Å². The summed E-state index contributed by atoms with van der Waals surface area (Å²) < 4.78 is 5.12. The summed E-state index contributed by atoms with van der Waals surface area (Å²) in [6.45, 7) is 5.69. The average molecular weight is 326 g/mol. The van der Waals surface area contributed by atoms with E-state index in [1.54, 1.807) is 24.6 Å². The van der Waals surface area contributed by atoms with Crippen molar-refractivity contribution in [1.29, 1.82) is 0 Å². The number of likely N-dealkylation sites (tertiary alicyclic amines) is 1. The summed E-state index contributed by atoms with van der Waals surface area (Å²) in [5.41, 5.74) is 0. The molecule has 0 aromatic carbocycles. The molecule has 22 heavy (non-hydrogen) atoms. The number of amides is 2. The molecule has 0 bridgehead atoms. The molecule has 2 amide bonds. The third-order valence-electron chi connectivity index (χ3n) is 3.92. The van der Waals surface area contributed by atoms with Gasteiger partial charge >= 0.3 is 6.03 Å². The van der Waals surface area contributed by atoms with Gasteiger partial charge in [-0.15, -0.1) is 11.3 Å². The molecule has 0 saturated carbocycles. The number of hydrogen-bond acceptors (Lipinski definition) is 5. The Morgan fingerprint density at radius 2 is 2.50 bits per heavy atom. The number of rotatable bonds is 7. The highest BCUT2D eigenvalue weighted by molar-refractivity contribution is 7.09. The fourth-order valence-electron chi connectivity index (χ4n) is 2.73. The fourth-order valence-corrected chi connectivity index (χ4v) is 3.50. The number of methoxy groups -OCH3 is 1. The second-order valence-corrected chi connectivity index (χ2v) is 6.51. The molecule has 1 fully saturated rings. The van der Waals surface area contributed by atoms with E-state index in [-0.39, 0.29) is 18.1 Å². The SMILES string of the molecule is CC[C@H](NC(=O)N[C@@H]1CCCN(CCOC)C1)c1nccs1. The van der Waals surface area contributed by atoms with Crippen LogP contribution in [0.3, 0.4) is 0 Å². The van der Waals surface area contributed by atoms with E-state index < -0.39 is 0 Å². The van der Waals surface area contributed by atoms with Crippen LogP contribution in [0.5, 0.6) is 0 Å². The van der Waals surface area contributed by atoms with E-state index in [2.05, 4.69) is 27.4 Å². The van der Waals surface area contributed by atoms with Crippen molar-refractivity contribution >= 4 is 17.4 Å². The normalized spacial score (nSPS) is 20.5. The minimum Gasteiger partial charge on any atom is -0.383 e. The van der Waals surface area contributed by atoms with Crippen molar-refractivity contribution in [3.63, 3.8) is 0 Å². The molecule has 2 atom stereocenters. The Morgan fingerprint density at radius 1 is 1.64 bits per heavy atom. The Hall–Kier alpha value is -1.18. The van der Waals surface area contributed by atoms with E-state index in [4.69, 9.17) is 4.74 Å². The van der Waals surface area contributed by atoms with E-state index in [0.717, 1.165) is 50.5 Å². The molecule has 1 aliphatic rings. The number of hydrogen-bond donors (Lipinski definition) is 2. The first kappa shape index (κ1) is 17.2. The molecule has 1 aromatic rings. The second-order valence-electron chi connectivity index (χ2n) is 5.58. The maximum absolute atomic E-state index is 12.2. The molecule has 2 heterocycles. The van der Waals surface area contributed by atoms with E-state index in [1.807, 2.05) is 5.38 Å². The summed E-state index contributed by atoms with van der Waals surface area (Å²) in [7, 11) is 1.72. The van der Waals surface area contributed by atoms with Crippen LogP contribution in [0.4, 0.5) is 4.79 Å². The number of piperidine rings is 1. The Balaban J connectivity index is 1.78. The number of carbonyl (C=O) groups is 1. The monoisotopic (exact) mass is 326 g/mol. The molecule has 0 spiro atoms. The molecule has 1 aliphatic heterocycles. The van der Waals surface area contributed by atoms with Crippen molar-refractivity contribution in [2.24, 2.45) is 0 Å². The zero-order valence-corrected chi connectivity index (χ0v) is 14.2. The topological polar surface area (TPSA) is 66.5 Å². The largest absolute Gasteiger partial charge is 0.383 e. The summed E-state index contributed by atoms with van der Waals surface area (Å²) in [6, 6.07) is 0.105. The Kier molecular flexibility index (Phi) is 7.08. The number of carbonyl (C=O) groups excluding carboxylic acids is 1. The van der Waals surface area contributed by atoms with Gasteiger partial charge in [0.05, 0.1) is 12.6 Å². The first-order chi connectivity index (χ1) is 10.7. The summed E-state index contributed by atoms with van der Waals surface area (Å²) in [4.78, 5) is 18.8. The summed E-state index contributed by atoms with van der Waals surface area (Å²) in [6.07, 6.45) is 4.76. The lowest BCUT2D eigenvalue weighted by Gasteiger charge is -2.33. The maximum atomic E-state index is 12.2. The second kappa shape index (κ2) is 9.07. The van der Waals surface area contributed by atoms with Crippen LogP contribution in [0, 0.1) is 0 Å². The average Bonchev–Trinajstić information content (AvgIpc) is 3.05. The highest BCUT2D eigenvalue weighted by Crippen LogP contribution is 2.18. The minimum atomic E-state index is -0.0966. The number of aromatic nitrogens is 1. The van der Waals surface area contributed by atoms with Gasteiger partial charge in [0, 0.05) is 37.8 Å². The summed E-state index contributed by atoms with van der Waals surface area (Å²) >= 11 is 1.58. The minimum absolute atomic E-state index is 0.00631. The van der Waals surface area contributed by atoms with Crippen LogP contribution in [0.25, 0.3) is 0 Å². The van der Waals surface area contributed by atoms with Crippen LogP contribution in [-0.4, -0.2) is 55.3 Å². The van der Waals surface area contributed by atoms with Crippen LogP contribution in [-0.2, 0) is 4.74 Å². The summed E-state index contributed by atoms with van der Waals surface area (Å²) in [5, 5.41) is 9.02. The Labute approximate surface area is 136 Å². The van der Waals surface area contributed by atoms with Gasteiger partial charge in [-0.25, -0.2) is 9.78 Å². The Morgan fingerprint density at radius 3 is 3.18 bits per heavy atom. The highest BCUT2D eigenvalue weighted by Gasteiger charge is 2.22. The van der Waals surface area contributed by atoms with Crippen LogP contribution in [0.2, 0.25) is 0 Å². The molecule has 2 N–H and O–H groups in total. The van der Waals surface area contributed by atoms with E-state index in [9.17, 15) is 4.79 Å². The number of nitrogens with zero attached hydrogens (tertiary/aromatic N) is 2. The van der Waals surface area contributed by atoms with Gasteiger partial charge in [-0.3, -0.25) is 4.90 Å². The lowest BCUT2D eigenvalue weighted by Crippen LogP contribution is -2.51. The predicted molar refractivity (Wildman–Crippen MR) is 88.2 cm³/mol. The van der Waals surface area contributed by atoms with E-state index >= 15 is 0 Å². The first-order valence-electron chi connectivity index (χ1n) is 7.90. The van der Waals surface area contributed by atoms with Gasteiger partial charge < -0.3 is 15.4 Å². The quantitative estimate of drug-likeness (QED) is 0.804. The van der Waals surface area contributed by atoms with Crippen LogP contribution in [0.15, 0.2) is 11.6 Å². The molecular formula is C15H26N4O2S. The Bertz CT molecular complexity index is 441. The predicted octanol–water partition coefficient (Wildman–Crippen LogP) is 2.00. The molecular weight excluding hydrogens is 300 g/mol. The zero-order valence-electron chi connectivity index (χ0n) is 13.4. The first-order valence-corrected chi connectivity index (χ1v) is 8.78. The number of urea groups is 1. The lowest BCUT2D eigenvalue weighted by atomic mass is 10.1. The van der Waals surface area contributed by atoms with Gasteiger partial charge in [0.2, 0.25) is 0 Å². The molecule has 0 radical (unpaired) electrons. The van der Waals surface area contributed by atoms with Gasteiger partial charge in [0.15, 0.2) is 0 Å². The zero-order chi connectivity index (χ0) is 15.8. The standard InChI is InChI=1S/C15H26N4O2S/c1-3-13(14-16-6-10-22-14)18-15(20)17-12-5-4-7-19(11-12)8-9-21-2/h6,10,12-13H,3-5,7-9,11H2,1-2H3,(H2,17,18,20)/t12-,13+/m1/s1. The molecule has 0 unspecified atom stereocenters. The summed E-state index contributed by atoms with van der Waals surface area (Å²) in [5.74, 6) is 0. The van der Waals surface area contributed by atoms with Crippen molar-refractivity contribution in [3.05, 3.63) is 16.6 Å². The van der Waals surface area contributed by atoms with Crippen molar-refractivity contribution in [2.75, 3.05) is 33.4 Å². The highest BCUT2D eigenvalue weighted by atomic mass is 32.1.